The Morgan fingerprint density at radius 1 is 1.53 bits per heavy atom. The Morgan fingerprint density at radius 3 is 2.60 bits per heavy atom. The molecule has 0 aromatic heterocycles. The maximum atomic E-state index is 10.7. The molecular weight excluding hydrogens is 229 g/mol. The summed E-state index contributed by atoms with van der Waals surface area (Å²) in [6, 6.07) is 3.79. The van der Waals surface area contributed by atoms with Crippen LogP contribution >= 0.6 is 0 Å². The van der Waals surface area contributed by atoms with E-state index in [1.165, 1.54) is 25.1 Å². The first-order valence-corrected chi connectivity index (χ1v) is 4.78. The van der Waals surface area contributed by atoms with E-state index < -0.39 is 11.1 Å². The van der Waals surface area contributed by atoms with Gasteiger partial charge in [0, 0.05) is 12.6 Å². The third-order valence-electron chi connectivity index (χ3n) is 1.46. The van der Waals surface area contributed by atoms with Gasteiger partial charge in [-0.25, -0.2) is 0 Å². The molecule has 15 heavy (non-hydrogen) atoms. The van der Waals surface area contributed by atoms with E-state index in [1.807, 2.05) is 0 Å². The summed E-state index contributed by atoms with van der Waals surface area (Å²) in [6.07, 6.45) is 0. The van der Waals surface area contributed by atoms with Crippen LogP contribution in [-0.2, 0) is 15.9 Å². The van der Waals surface area contributed by atoms with Crippen molar-refractivity contribution in [1.82, 2.24) is 0 Å². The van der Waals surface area contributed by atoms with Crippen LogP contribution in [0.25, 0.3) is 0 Å². The van der Waals surface area contributed by atoms with Gasteiger partial charge in [0.2, 0.25) is 5.91 Å². The van der Waals surface area contributed by atoms with E-state index in [2.05, 4.69) is 5.32 Å². The molecule has 0 saturated heterocycles. The molecule has 0 heterocycles. The van der Waals surface area contributed by atoms with Gasteiger partial charge in [-0.3, -0.25) is 9.00 Å². The number of amides is 1. The Kier molecular flexibility index (Phi) is 6.07. The van der Waals surface area contributed by atoms with Crippen LogP contribution in [0.3, 0.4) is 0 Å². The molecule has 0 saturated carbocycles. The van der Waals surface area contributed by atoms with Crippen molar-refractivity contribution in [3.05, 3.63) is 18.2 Å². The van der Waals surface area contributed by atoms with Gasteiger partial charge in [-0.15, -0.1) is 0 Å². The van der Waals surface area contributed by atoms with E-state index in [4.69, 9.17) is 5.11 Å². The van der Waals surface area contributed by atoms with Crippen molar-refractivity contribution in [2.24, 2.45) is 0 Å². The molecule has 1 aromatic carbocycles. The van der Waals surface area contributed by atoms with Crippen molar-refractivity contribution in [1.29, 1.82) is 0 Å². The average molecular weight is 237 g/mol. The number of anilines is 1. The molecular formula is C8H8NNaO4S. The molecule has 0 aliphatic heterocycles. The minimum absolute atomic E-state index is 0. The summed E-state index contributed by atoms with van der Waals surface area (Å²) in [5.41, 5.74) is 0.328. The van der Waals surface area contributed by atoms with E-state index in [-0.39, 0.29) is 46.1 Å². The molecule has 1 amide bonds. The van der Waals surface area contributed by atoms with Crippen LogP contribution in [0.5, 0.6) is 5.75 Å². The van der Waals surface area contributed by atoms with Gasteiger partial charge in [0.05, 0.1) is 4.90 Å². The third kappa shape index (κ3) is 4.31. The monoisotopic (exact) mass is 237 g/mol. The summed E-state index contributed by atoms with van der Waals surface area (Å²) in [5, 5.41) is 11.5. The number of hydrogen-bond acceptors (Lipinski definition) is 4. The second kappa shape index (κ2) is 6.24. The van der Waals surface area contributed by atoms with E-state index in [0.717, 1.165) is 0 Å². The Labute approximate surface area is 111 Å². The molecule has 2 N–H and O–H groups in total. The predicted molar refractivity (Wildman–Crippen MR) is 49.6 cm³/mol. The zero-order valence-electron chi connectivity index (χ0n) is 8.31. The molecule has 0 aliphatic carbocycles. The average Bonchev–Trinajstić information content (AvgIpc) is 2.07. The second-order valence-electron chi connectivity index (χ2n) is 2.60. The van der Waals surface area contributed by atoms with Crippen molar-refractivity contribution < 1.29 is 48.2 Å². The number of rotatable bonds is 2. The van der Waals surface area contributed by atoms with Gasteiger partial charge in [0.1, 0.15) is 5.75 Å². The number of phenols is 1. The van der Waals surface area contributed by atoms with Gasteiger partial charge in [0.15, 0.2) is 0 Å². The molecule has 1 atom stereocenters. The molecule has 1 rings (SSSR count). The van der Waals surface area contributed by atoms with Crippen molar-refractivity contribution in [3.63, 3.8) is 0 Å². The molecule has 76 valence electrons. The zero-order chi connectivity index (χ0) is 10.7. The summed E-state index contributed by atoms with van der Waals surface area (Å²) in [4.78, 5) is 10.4. The zero-order valence-corrected chi connectivity index (χ0v) is 11.1. The minimum atomic E-state index is -2.52. The summed E-state index contributed by atoms with van der Waals surface area (Å²) in [7, 11) is 0. The fraction of sp³-hybridized carbons (Fsp3) is 0.125. The Morgan fingerprint density at radius 2 is 2.13 bits per heavy atom. The predicted octanol–water partition coefficient (Wildman–Crippen LogP) is -2.41. The summed E-state index contributed by atoms with van der Waals surface area (Å²) in [5.74, 6) is -0.647. The van der Waals surface area contributed by atoms with Gasteiger partial charge < -0.3 is 15.0 Å². The Bertz CT molecular complexity index is 396. The van der Waals surface area contributed by atoms with Crippen molar-refractivity contribution in [2.75, 3.05) is 5.32 Å². The van der Waals surface area contributed by atoms with E-state index in [9.17, 15) is 13.6 Å². The molecule has 0 aliphatic rings. The number of benzene rings is 1. The molecule has 0 bridgehead atoms. The topological polar surface area (TPSA) is 89.5 Å². The number of aromatic hydroxyl groups is 1. The second-order valence-corrected chi connectivity index (χ2v) is 3.51. The first-order chi connectivity index (χ1) is 6.50. The third-order valence-corrected chi connectivity index (χ3v) is 2.15. The maximum absolute atomic E-state index is 10.7. The molecule has 0 spiro atoms. The fourth-order valence-electron chi connectivity index (χ4n) is 0.929. The van der Waals surface area contributed by atoms with Crippen LogP contribution in [0.4, 0.5) is 5.69 Å². The molecule has 7 heteroatoms. The number of carbonyl (C=O) groups is 1. The largest absolute Gasteiger partial charge is 1.00 e. The van der Waals surface area contributed by atoms with Crippen LogP contribution in [0, 0.1) is 0 Å². The Hall–Kier alpha value is -0.400. The minimum Gasteiger partial charge on any atom is -0.768 e. The molecule has 1 unspecified atom stereocenters. The number of nitrogens with one attached hydrogen (secondary N) is 1. The van der Waals surface area contributed by atoms with E-state index >= 15 is 0 Å². The Balaban J connectivity index is 0.00000196. The van der Waals surface area contributed by atoms with Gasteiger partial charge in [-0.1, -0.05) is 0 Å². The van der Waals surface area contributed by atoms with Crippen molar-refractivity contribution >= 4 is 22.7 Å². The summed E-state index contributed by atoms with van der Waals surface area (Å²) in [6.45, 7) is 1.31. The van der Waals surface area contributed by atoms with Gasteiger partial charge in [-0.2, -0.15) is 0 Å². The van der Waals surface area contributed by atoms with E-state index in [0.29, 0.717) is 5.69 Å². The first-order valence-electron chi connectivity index (χ1n) is 3.70. The smallest absolute Gasteiger partial charge is 0.768 e. The SMILES string of the molecule is CC(=O)Nc1ccc(O)c(S(=O)[O-])c1.[Na+]. The van der Waals surface area contributed by atoms with Crippen LogP contribution in [-0.4, -0.2) is 19.8 Å². The molecule has 0 radical (unpaired) electrons. The first kappa shape index (κ1) is 14.6. The summed E-state index contributed by atoms with van der Waals surface area (Å²) >= 11 is -2.52. The van der Waals surface area contributed by atoms with Crippen LogP contribution < -0.4 is 34.9 Å². The maximum Gasteiger partial charge on any atom is 1.00 e. The quantitative estimate of drug-likeness (QED) is 0.341. The molecule has 5 nitrogen and oxygen atoms in total. The molecule has 1 aromatic rings. The van der Waals surface area contributed by atoms with Crippen LogP contribution in [0.2, 0.25) is 0 Å². The van der Waals surface area contributed by atoms with Gasteiger partial charge in [0.25, 0.3) is 0 Å². The number of phenolic OH excluding ortho intramolecular Hbond substituents is 1. The van der Waals surface area contributed by atoms with Crippen molar-refractivity contribution in [2.45, 2.75) is 11.8 Å². The fourth-order valence-corrected chi connectivity index (χ4v) is 1.39. The van der Waals surface area contributed by atoms with E-state index in [1.54, 1.807) is 0 Å². The van der Waals surface area contributed by atoms with Gasteiger partial charge >= 0.3 is 29.6 Å². The van der Waals surface area contributed by atoms with Gasteiger partial charge in [-0.05, 0) is 29.3 Å². The molecule has 0 fully saturated rings. The van der Waals surface area contributed by atoms with Crippen LogP contribution in [0.1, 0.15) is 6.92 Å². The van der Waals surface area contributed by atoms with Crippen LogP contribution in [0.15, 0.2) is 23.1 Å². The normalized spacial score (nSPS) is 11.3. The van der Waals surface area contributed by atoms with Crippen molar-refractivity contribution in [3.8, 4) is 5.75 Å². The number of hydrogen-bond donors (Lipinski definition) is 2. The number of carbonyl (C=O) groups excluding carboxylic acids is 1. The summed E-state index contributed by atoms with van der Waals surface area (Å²) < 4.78 is 21.2. The standard InChI is InChI=1S/C8H9NO4S.Na/c1-5(10)9-6-2-3-7(11)8(4-6)14(12)13;/h2-4,11H,1H3,(H,9,10)(H,12,13);/q;+1/p-1.